The third kappa shape index (κ3) is 2.73. The molecule has 86 valence electrons. The Morgan fingerprint density at radius 1 is 1.38 bits per heavy atom. The molecule has 1 atom stereocenters. The number of carbonyl (C=O) groups excluding carboxylic acids is 1. The normalized spacial score (nSPS) is 11.6. The van der Waals surface area contributed by atoms with E-state index in [0.29, 0.717) is 11.3 Å². The van der Waals surface area contributed by atoms with Crippen LogP contribution < -0.4 is 10.1 Å². The molecular weight excluding hydrogens is 210 g/mol. The highest BCUT2D eigenvalue weighted by Crippen LogP contribution is 2.16. The summed E-state index contributed by atoms with van der Waals surface area (Å²) in [5.41, 5.74) is 0.318. The number of aliphatic carboxylic acids is 1. The molecule has 0 radical (unpaired) electrons. The van der Waals surface area contributed by atoms with Crippen LogP contribution in [-0.4, -0.2) is 30.1 Å². The summed E-state index contributed by atoms with van der Waals surface area (Å²) in [4.78, 5) is 22.3. The molecule has 0 bridgehead atoms. The Labute approximate surface area is 93.0 Å². The van der Waals surface area contributed by atoms with E-state index in [4.69, 9.17) is 9.84 Å². The van der Waals surface area contributed by atoms with Gasteiger partial charge in [-0.1, -0.05) is 12.1 Å². The molecule has 16 heavy (non-hydrogen) atoms. The molecule has 0 aliphatic carbocycles. The molecule has 1 aromatic rings. The van der Waals surface area contributed by atoms with Gasteiger partial charge in [0.05, 0.1) is 12.7 Å². The van der Waals surface area contributed by atoms with E-state index in [0.717, 1.165) is 0 Å². The van der Waals surface area contributed by atoms with Gasteiger partial charge in [0.2, 0.25) is 0 Å². The van der Waals surface area contributed by atoms with Crippen LogP contribution in [0.4, 0.5) is 0 Å². The first-order valence-electron chi connectivity index (χ1n) is 4.73. The minimum atomic E-state index is -1.08. The van der Waals surface area contributed by atoms with Crippen LogP contribution in [0.15, 0.2) is 24.3 Å². The first kappa shape index (κ1) is 12.0. The Hall–Kier alpha value is -2.04. The van der Waals surface area contributed by atoms with E-state index < -0.39 is 17.9 Å². The highest BCUT2D eigenvalue weighted by Gasteiger charge is 2.17. The number of carboxylic acid groups (broad SMARTS) is 1. The van der Waals surface area contributed by atoms with E-state index in [2.05, 4.69) is 5.32 Å². The fourth-order valence-corrected chi connectivity index (χ4v) is 1.17. The van der Waals surface area contributed by atoms with E-state index in [9.17, 15) is 9.59 Å². The van der Waals surface area contributed by atoms with Gasteiger partial charge in [-0.05, 0) is 19.1 Å². The molecule has 0 aliphatic heterocycles. The summed E-state index contributed by atoms with van der Waals surface area (Å²) in [6, 6.07) is 5.69. The van der Waals surface area contributed by atoms with Crippen molar-refractivity contribution < 1.29 is 19.4 Å². The third-order valence-electron chi connectivity index (χ3n) is 2.07. The molecule has 0 saturated carbocycles. The van der Waals surface area contributed by atoms with E-state index in [1.165, 1.54) is 14.0 Å². The van der Waals surface area contributed by atoms with Crippen molar-refractivity contribution in [1.82, 2.24) is 5.32 Å². The molecule has 2 N–H and O–H groups in total. The minimum Gasteiger partial charge on any atom is -0.496 e. The lowest BCUT2D eigenvalue weighted by Crippen LogP contribution is -2.38. The Balaban J connectivity index is 2.84. The molecule has 5 heteroatoms. The first-order chi connectivity index (χ1) is 7.56. The number of ether oxygens (including phenoxy) is 1. The Morgan fingerprint density at radius 3 is 2.56 bits per heavy atom. The third-order valence-corrected chi connectivity index (χ3v) is 2.07. The number of nitrogens with one attached hydrogen (secondary N) is 1. The van der Waals surface area contributed by atoms with Gasteiger partial charge in [0, 0.05) is 0 Å². The zero-order chi connectivity index (χ0) is 12.1. The number of benzene rings is 1. The van der Waals surface area contributed by atoms with Crippen molar-refractivity contribution in [2.45, 2.75) is 13.0 Å². The summed E-state index contributed by atoms with van der Waals surface area (Å²) < 4.78 is 5.00. The second-order valence-corrected chi connectivity index (χ2v) is 3.23. The summed E-state index contributed by atoms with van der Waals surface area (Å²) in [5, 5.41) is 11.0. The zero-order valence-electron chi connectivity index (χ0n) is 9.06. The predicted octanol–water partition coefficient (Wildman–Crippen LogP) is 0.898. The average Bonchev–Trinajstić information content (AvgIpc) is 2.28. The van der Waals surface area contributed by atoms with Gasteiger partial charge in [-0.2, -0.15) is 0 Å². The van der Waals surface area contributed by atoms with Gasteiger partial charge in [0.25, 0.3) is 5.91 Å². The van der Waals surface area contributed by atoms with E-state index >= 15 is 0 Å². The number of carbonyl (C=O) groups is 2. The number of carboxylic acids is 1. The maximum Gasteiger partial charge on any atom is 0.325 e. The largest absolute Gasteiger partial charge is 0.496 e. The molecule has 0 unspecified atom stereocenters. The lowest BCUT2D eigenvalue weighted by Gasteiger charge is -2.11. The second-order valence-electron chi connectivity index (χ2n) is 3.23. The van der Waals surface area contributed by atoms with Crippen molar-refractivity contribution in [2.24, 2.45) is 0 Å². The molecule has 5 nitrogen and oxygen atoms in total. The van der Waals surface area contributed by atoms with Gasteiger partial charge < -0.3 is 15.2 Å². The number of hydrogen-bond acceptors (Lipinski definition) is 3. The molecule has 0 heterocycles. The molecule has 0 saturated heterocycles. The standard InChI is InChI=1S/C11H13NO4/c1-7(11(14)15)12-10(13)8-5-3-4-6-9(8)16-2/h3-7H,1-2H3,(H,12,13)(H,14,15)/t7-/m0/s1. The van der Waals surface area contributed by atoms with Crippen molar-refractivity contribution in [3.05, 3.63) is 29.8 Å². The quantitative estimate of drug-likeness (QED) is 0.795. The van der Waals surface area contributed by atoms with Crippen molar-refractivity contribution in [3.8, 4) is 5.75 Å². The molecule has 0 aliphatic rings. The fraction of sp³-hybridized carbons (Fsp3) is 0.273. The average molecular weight is 223 g/mol. The number of para-hydroxylation sites is 1. The van der Waals surface area contributed by atoms with Gasteiger partial charge >= 0.3 is 5.97 Å². The smallest absolute Gasteiger partial charge is 0.325 e. The van der Waals surface area contributed by atoms with E-state index in [-0.39, 0.29) is 0 Å². The van der Waals surface area contributed by atoms with Gasteiger partial charge in [0.15, 0.2) is 0 Å². The summed E-state index contributed by atoms with van der Waals surface area (Å²) in [6.45, 7) is 1.40. The maximum absolute atomic E-state index is 11.7. The Bertz CT molecular complexity index is 403. The van der Waals surface area contributed by atoms with E-state index in [1.807, 2.05) is 0 Å². The predicted molar refractivity (Wildman–Crippen MR) is 57.6 cm³/mol. The maximum atomic E-state index is 11.7. The number of hydrogen-bond donors (Lipinski definition) is 2. The van der Waals surface area contributed by atoms with Crippen LogP contribution in [0, 0.1) is 0 Å². The van der Waals surface area contributed by atoms with Gasteiger partial charge in [-0.25, -0.2) is 0 Å². The second kappa shape index (κ2) is 5.16. The van der Waals surface area contributed by atoms with Gasteiger partial charge in [-0.15, -0.1) is 0 Å². The molecule has 0 aromatic heterocycles. The molecule has 1 amide bonds. The van der Waals surface area contributed by atoms with Crippen LogP contribution in [0.25, 0.3) is 0 Å². The highest BCUT2D eigenvalue weighted by atomic mass is 16.5. The SMILES string of the molecule is COc1ccccc1C(=O)N[C@@H](C)C(=O)O. The van der Waals surface area contributed by atoms with Crippen LogP contribution in [0.2, 0.25) is 0 Å². The molecule has 0 fully saturated rings. The van der Waals surface area contributed by atoms with Gasteiger partial charge in [-0.3, -0.25) is 9.59 Å². The number of amides is 1. The summed E-state index contributed by atoms with van der Waals surface area (Å²) in [5.74, 6) is -1.13. The van der Waals surface area contributed by atoms with E-state index in [1.54, 1.807) is 24.3 Å². The molecule has 0 spiro atoms. The lowest BCUT2D eigenvalue weighted by atomic mass is 10.2. The number of rotatable bonds is 4. The summed E-state index contributed by atoms with van der Waals surface area (Å²) >= 11 is 0. The first-order valence-corrected chi connectivity index (χ1v) is 4.73. The monoisotopic (exact) mass is 223 g/mol. The van der Waals surface area contributed by atoms with Crippen molar-refractivity contribution in [3.63, 3.8) is 0 Å². The zero-order valence-corrected chi connectivity index (χ0v) is 9.06. The number of methoxy groups -OCH3 is 1. The summed E-state index contributed by atoms with van der Waals surface area (Å²) in [6.07, 6.45) is 0. The topological polar surface area (TPSA) is 75.6 Å². The van der Waals surface area contributed by atoms with Gasteiger partial charge in [0.1, 0.15) is 11.8 Å². The van der Waals surface area contributed by atoms with Crippen LogP contribution >= 0.6 is 0 Å². The van der Waals surface area contributed by atoms with Crippen molar-refractivity contribution in [1.29, 1.82) is 0 Å². The molecule has 1 rings (SSSR count). The fourth-order valence-electron chi connectivity index (χ4n) is 1.17. The molecular formula is C11H13NO4. The van der Waals surface area contributed by atoms with Crippen LogP contribution in [0.5, 0.6) is 5.75 Å². The highest BCUT2D eigenvalue weighted by molar-refractivity contribution is 5.98. The Kier molecular flexibility index (Phi) is 3.88. The summed E-state index contributed by atoms with van der Waals surface area (Å²) in [7, 11) is 1.45. The minimum absolute atomic E-state index is 0.318. The van der Waals surface area contributed by atoms with Crippen LogP contribution in [-0.2, 0) is 4.79 Å². The van der Waals surface area contributed by atoms with Crippen LogP contribution in [0.1, 0.15) is 17.3 Å². The molecule has 1 aromatic carbocycles. The van der Waals surface area contributed by atoms with Crippen molar-refractivity contribution >= 4 is 11.9 Å². The Morgan fingerprint density at radius 2 is 2.00 bits per heavy atom. The van der Waals surface area contributed by atoms with Crippen LogP contribution in [0.3, 0.4) is 0 Å². The lowest BCUT2D eigenvalue weighted by molar-refractivity contribution is -0.138. The van der Waals surface area contributed by atoms with Crippen molar-refractivity contribution in [2.75, 3.05) is 7.11 Å².